The number of benzene rings is 4. The molecule has 3 saturated heterocycles. The third kappa shape index (κ3) is 7.62. The van der Waals surface area contributed by atoms with Gasteiger partial charge in [0.05, 0.1) is 24.6 Å². The summed E-state index contributed by atoms with van der Waals surface area (Å²) in [5.74, 6) is 4.73. The molecule has 4 aromatic rings. The smallest absolute Gasteiger partial charge is 0.324 e. The van der Waals surface area contributed by atoms with Gasteiger partial charge in [0.15, 0.2) is 0 Å². The highest BCUT2D eigenvalue weighted by atomic mass is 16.6. The molecule has 1 aliphatic carbocycles. The Balaban J connectivity index is 1.30. The van der Waals surface area contributed by atoms with Gasteiger partial charge in [0, 0.05) is 24.3 Å². The molecule has 4 fully saturated rings. The van der Waals surface area contributed by atoms with E-state index in [1.165, 1.54) is 0 Å². The SMILES string of the molecule is O=C1O[C@@H](c2ccccc2)[C@@H](c2ccccc2)N2[C@@H](c3ccc(OCCO)cc3)[C@]3(C(=O)Nc4ccc(C#CC5(O)CCCCCC5)cc43)[C@@H](C(=O)N3CCCCCCC3)[C@H]12. The van der Waals surface area contributed by atoms with E-state index in [0.29, 0.717) is 48.5 Å². The predicted octanol–water partition coefficient (Wildman–Crippen LogP) is 7.56. The van der Waals surface area contributed by atoms with Crippen molar-refractivity contribution in [2.24, 2.45) is 5.92 Å². The van der Waals surface area contributed by atoms with Crippen LogP contribution in [0.15, 0.2) is 103 Å². The summed E-state index contributed by atoms with van der Waals surface area (Å²) in [7, 11) is 0. The number of morpholine rings is 1. The number of cyclic esters (lactones) is 1. The summed E-state index contributed by atoms with van der Waals surface area (Å²) in [6.07, 6.45) is 9.14. The maximum absolute atomic E-state index is 15.8. The number of nitrogens with one attached hydrogen (secondary N) is 1. The molecule has 1 spiro atoms. The lowest BCUT2D eigenvalue weighted by Gasteiger charge is -2.46. The molecule has 4 aliphatic heterocycles. The molecule has 0 unspecified atom stereocenters. The third-order valence-electron chi connectivity index (χ3n) is 13.7. The first-order valence-electron chi connectivity index (χ1n) is 22.2. The van der Waals surface area contributed by atoms with Crippen LogP contribution in [-0.4, -0.2) is 75.7 Å². The van der Waals surface area contributed by atoms with Crippen molar-refractivity contribution in [3.05, 3.63) is 131 Å². The molecule has 2 amide bonds. The van der Waals surface area contributed by atoms with Crippen molar-refractivity contribution in [1.82, 2.24) is 9.80 Å². The predicted molar refractivity (Wildman–Crippen MR) is 231 cm³/mol. The molecule has 3 N–H and O–H groups in total. The number of carbonyl (C=O) groups excluding carboxylic acids is 3. The molecule has 4 aromatic carbocycles. The fraction of sp³-hybridized carbons (Fsp3) is 0.431. The Kier molecular flexibility index (Phi) is 11.7. The number of carbonyl (C=O) groups is 3. The van der Waals surface area contributed by atoms with E-state index in [-0.39, 0.29) is 25.0 Å². The van der Waals surface area contributed by atoms with Gasteiger partial charge in [-0.1, -0.05) is 117 Å². The van der Waals surface area contributed by atoms with Gasteiger partial charge < -0.3 is 29.9 Å². The number of fused-ring (bicyclic) bond motifs is 3. The zero-order chi connectivity index (χ0) is 42.0. The highest BCUT2D eigenvalue weighted by molar-refractivity contribution is 6.12. The summed E-state index contributed by atoms with van der Waals surface area (Å²) in [4.78, 5) is 50.7. The molecule has 316 valence electrons. The van der Waals surface area contributed by atoms with Crippen LogP contribution in [0.3, 0.4) is 0 Å². The summed E-state index contributed by atoms with van der Waals surface area (Å²) in [5.41, 5.74) is 1.44. The van der Waals surface area contributed by atoms with Gasteiger partial charge in [0.2, 0.25) is 11.8 Å². The van der Waals surface area contributed by atoms with Crippen LogP contribution < -0.4 is 10.1 Å². The van der Waals surface area contributed by atoms with Crippen LogP contribution in [0.1, 0.15) is 117 Å². The second kappa shape index (κ2) is 17.5. The van der Waals surface area contributed by atoms with Gasteiger partial charge in [-0.2, -0.15) is 0 Å². The molecular formula is C51H55N3O7. The number of likely N-dealkylation sites (tertiary alicyclic amines) is 1. The molecule has 1 saturated carbocycles. The molecule has 4 heterocycles. The van der Waals surface area contributed by atoms with Gasteiger partial charge in [0.25, 0.3) is 0 Å². The van der Waals surface area contributed by atoms with Crippen molar-refractivity contribution >= 4 is 23.5 Å². The number of anilines is 1. The molecule has 6 atom stereocenters. The van der Waals surface area contributed by atoms with E-state index in [1.807, 2.05) is 108 Å². The van der Waals surface area contributed by atoms with Crippen molar-refractivity contribution in [3.8, 4) is 17.6 Å². The van der Waals surface area contributed by atoms with Gasteiger partial charge in [-0.05, 0) is 91.1 Å². The van der Waals surface area contributed by atoms with Crippen LogP contribution >= 0.6 is 0 Å². The van der Waals surface area contributed by atoms with E-state index < -0.39 is 47.1 Å². The van der Waals surface area contributed by atoms with E-state index in [9.17, 15) is 10.2 Å². The molecule has 9 rings (SSSR count). The van der Waals surface area contributed by atoms with E-state index in [0.717, 1.165) is 74.5 Å². The molecule has 0 bridgehead atoms. The Morgan fingerprint density at radius 3 is 2.08 bits per heavy atom. The minimum absolute atomic E-state index is 0.114. The number of rotatable bonds is 7. The van der Waals surface area contributed by atoms with Crippen molar-refractivity contribution in [3.63, 3.8) is 0 Å². The molecule has 61 heavy (non-hydrogen) atoms. The number of aliphatic hydroxyl groups is 2. The number of ether oxygens (including phenoxy) is 2. The lowest BCUT2D eigenvalue weighted by Crippen LogP contribution is -2.55. The van der Waals surface area contributed by atoms with Crippen LogP contribution in [0.5, 0.6) is 5.75 Å². The first-order valence-corrected chi connectivity index (χ1v) is 22.2. The lowest BCUT2D eigenvalue weighted by atomic mass is 9.65. The molecule has 10 heteroatoms. The zero-order valence-electron chi connectivity index (χ0n) is 34.6. The fourth-order valence-electron chi connectivity index (χ4n) is 10.9. The molecule has 10 nitrogen and oxygen atoms in total. The van der Waals surface area contributed by atoms with Crippen LogP contribution in [0.4, 0.5) is 5.69 Å². The Labute approximate surface area is 358 Å². The highest BCUT2D eigenvalue weighted by Gasteiger charge is 2.74. The van der Waals surface area contributed by atoms with Crippen molar-refractivity contribution in [1.29, 1.82) is 0 Å². The van der Waals surface area contributed by atoms with E-state index in [4.69, 9.17) is 9.47 Å². The standard InChI is InChI=1S/C51H55N3O7/c55-32-33-60-39-23-21-38(22-24-39)46-51(40-34-35(20-25-41(40)52-49(51)58)26-29-50(59)27-12-2-3-13-28-50)42(47(56)53-30-14-4-1-5-15-31-53)44-48(57)61-45(37-18-10-7-11-19-37)43(54(44)46)36-16-8-6-9-17-36/h6-11,16-25,34,42-46,55,59H,1-5,12-15,27-28,30-33H2,(H,52,58)/t42-,43-,44-,45+,46+,51-/m1/s1. The number of amides is 2. The maximum Gasteiger partial charge on any atom is 0.324 e. The van der Waals surface area contributed by atoms with E-state index in [2.05, 4.69) is 22.1 Å². The van der Waals surface area contributed by atoms with Gasteiger partial charge in [-0.25, -0.2) is 0 Å². The van der Waals surface area contributed by atoms with Crippen LogP contribution in [0, 0.1) is 17.8 Å². The number of aliphatic hydroxyl groups excluding tert-OH is 1. The Morgan fingerprint density at radius 2 is 1.41 bits per heavy atom. The first-order chi connectivity index (χ1) is 29.8. The average molecular weight is 822 g/mol. The number of hydrogen-bond acceptors (Lipinski definition) is 8. The zero-order valence-corrected chi connectivity index (χ0v) is 34.6. The largest absolute Gasteiger partial charge is 0.491 e. The third-order valence-corrected chi connectivity index (χ3v) is 13.7. The summed E-state index contributed by atoms with van der Waals surface area (Å²) in [6, 6.07) is 30.1. The Hall–Kier alpha value is -5.47. The van der Waals surface area contributed by atoms with E-state index >= 15 is 14.4 Å². The fourth-order valence-corrected chi connectivity index (χ4v) is 10.9. The summed E-state index contributed by atoms with van der Waals surface area (Å²) in [5, 5.41) is 24.3. The van der Waals surface area contributed by atoms with Crippen LogP contribution in [0.25, 0.3) is 0 Å². The Morgan fingerprint density at radius 1 is 0.770 bits per heavy atom. The second-order valence-corrected chi connectivity index (χ2v) is 17.4. The second-order valence-electron chi connectivity index (χ2n) is 17.4. The summed E-state index contributed by atoms with van der Waals surface area (Å²) in [6.45, 7) is 1.03. The highest BCUT2D eigenvalue weighted by Crippen LogP contribution is 2.65. The van der Waals surface area contributed by atoms with Crippen molar-refractivity contribution in [2.75, 3.05) is 31.6 Å². The van der Waals surface area contributed by atoms with Crippen LogP contribution in [0.2, 0.25) is 0 Å². The molecule has 0 radical (unpaired) electrons. The number of nitrogens with zero attached hydrogens (tertiary/aromatic N) is 2. The van der Waals surface area contributed by atoms with Gasteiger partial charge in [-0.3, -0.25) is 19.3 Å². The Bertz CT molecular complexity index is 2270. The van der Waals surface area contributed by atoms with Gasteiger partial charge >= 0.3 is 5.97 Å². The monoisotopic (exact) mass is 821 g/mol. The van der Waals surface area contributed by atoms with Gasteiger partial charge in [0.1, 0.15) is 35.5 Å². The topological polar surface area (TPSA) is 129 Å². The normalized spacial score (nSPS) is 27.3. The van der Waals surface area contributed by atoms with Crippen LogP contribution in [-0.2, 0) is 24.5 Å². The number of esters is 1. The van der Waals surface area contributed by atoms with Crippen molar-refractivity contribution in [2.45, 2.75) is 106 Å². The van der Waals surface area contributed by atoms with Crippen molar-refractivity contribution < 1.29 is 34.1 Å². The summed E-state index contributed by atoms with van der Waals surface area (Å²) < 4.78 is 12.4. The molecule has 0 aromatic heterocycles. The maximum atomic E-state index is 15.8. The molecule has 5 aliphatic rings. The lowest BCUT2D eigenvalue weighted by molar-refractivity contribution is -0.179. The minimum atomic E-state index is -1.62. The first kappa shape index (κ1) is 40.9. The number of hydrogen-bond donors (Lipinski definition) is 3. The van der Waals surface area contributed by atoms with E-state index in [1.54, 1.807) is 0 Å². The van der Waals surface area contributed by atoms with Gasteiger partial charge in [-0.15, -0.1) is 0 Å². The average Bonchev–Trinajstić information content (AvgIpc) is 3.64. The molecular weight excluding hydrogens is 767 g/mol. The summed E-state index contributed by atoms with van der Waals surface area (Å²) >= 11 is 0. The quantitative estimate of drug-likeness (QED) is 0.0991. The minimum Gasteiger partial charge on any atom is -0.491 e.